The Hall–Kier alpha value is 0.0200. The van der Waals surface area contributed by atoms with Gasteiger partial charge in [-0.15, -0.1) is 11.6 Å². The van der Waals surface area contributed by atoms with Gasteiger partial charge in [-0.2, -0.15) is 16.1 Å². The quantitative estimate of drug-likeness (QED) is 0.539. The van der Waals surface area contributed by atoms with Crippen molar-refractivity contribution < 1.29 is 17.9 Å². The van der Waals surface area contributed by atoms with Gasteiger partial charge in [-0.1, -0.05) is 0 Å². The maximum atomic E-state index is 12.1. The number of thioether (sulfide) groups is 1. The molecule has 18 heavy (non-hydrogen) atoms. The van der Waals surface area contributed by atoms with E-state index >= 15 is 0 Å². The number of esters is 1. The average molecular weight is 316 g/mol. The van der Waals surface area contributed by atoms with Crippen molar-refractivity contribution in [2.45, 2.75) is 19.4 Å². The van der Waals surface area contributed by atoms with Crippen LogP contribution in [0.4, 0.5) is 0 Å². The van der Waals surface area contributed by atoms with Crippen LogP contribution in [0.3, 0.4) is 0 Å². The number of ether oxygens (including phenoxy) is 1. The average Bonchev–Trinajstić information content (AvgIpc) is 2.37. The summed E-state index contributed by atoms with van der Waals surface area (Å²) in [6, 6.07) is -0.691. The van der Waals surface area contributed by atoms with Crippen molar-refractivity contribution in [1.82, 2.24) is 4.31 Å². The van der Waals surface area contributed by atoms with Gasteiger partial charge in [0.15, 0.2) is 0 Å². The van der Waals surface area contributed by atoms with E-state index in [0.29, 0.717) is 30.4 Å². The lowest BCUT2D eigenvalue weighted by molar-refractivity contribution is -0.146. The molecule has 0 radical (unpaired) electrons. The zero-order chi connectivity index (χ0) is 13.6. The zero-order valence-electron chi connectivity index (χ0n) is 10.3. The number of alkyl halides is 1. The number of rotatable bonds is 6. The van der Waals surface area contributed by atoms with E-state index in [9.17, 15) is 13.2 Å². The molecule has 0 amide bonds. The van der Waals surface area contributed by atoms with Crippen molar-refractivity contribution in [3.05, 3.63) is 0 Å². The number of sulfonamides is 1. The summed E-state index contributed by atoms with van der Waals surface area (Å²) in [5.74, 6) is 0.983. The van der Waals surface area contributed by atoms with Gasteiger partial charge in [-0.3, -0.25) is 4.79 Å². The molecule has 0 bridgehead atoms. The lowest BCUT2D eigenvalue weighted by Gasteiger charge is -2.32. The van der Waals surface area contributed by atoms with Crippen LogP contribution < -0.4 is 0 Å². The Kier molecular flexibility index (Phi) is 6.76. The molecule has 1 saturated heterocycles. The first-order valence-corrected chi connectivity index (χ1v) is 9.12. The topological polar surface area (TPSA) is 63.7 Å². The van der Waals surface area contributed by atoms with Crippen LogP contribution in [-0.4, -0.2) is 61.0 Å². The van der Waals surface area contributed by atoms with Crippen molar-refractivity contribution in [1.29, 1.82) is 0 Å². The first-order chi connectivity index (χ1) is 8.53. The monoisotopic (exact) mass is 315 g/mol. The van der Waals surface area contributed by atoms with Crippen molar-refractivity contribution in [2.75, 3.05) is 36.3 Å². The molecule has 1 heterocycles. The van der Waals surface area contributed by atoms with E-state index in [-0.39, 0.29) is 12.4 Å². The van der Waals surface area contributed by atoms with Gasteiger partial charge in [-0.25, -0.2) is 8.42 Å². The maximum Gasteiger partial charge on any atom is 0.325 e. The van der Waals surface area contributed by atoms with Crippen molar-refractivity contribution in [3.8, 4) is 0 Å². The summed E-state index contributed by atoms with van der Waals surface area (Å²) in [5.41, 5.74) is 0. The highest BCUT2D eigenvalue weighted by atomic mass is 35.5. The van der Waals surface area contributed by atoms with Crippen molar-refractivity contribution in [3.63, 3.8) is 0 Å². The minimum Gasteiger partial charge on any atom is -0.465 e. The molecule has 0 aliphatic carbocycles. The summed E-state index contributed by atoms with van der Waals surface area (Å²) in [7, 11) is -3.42. The molecule has 1 rings (SSSR count). The van der Waals surface area contributed by atoms with Crippen molar-refractivity contribution in [2.24, 2.45) is 0 Å². The molecule has 8 heteroatoms. The SMILES string of the molecule is CCOC(=O)C1CSCCN1S(=O)(=O)CCCCl. The Labute approximate surface area is 117 Å². The minimum atomic E-state index is -3.42. The fourth-order valence-corrected chi connectivity index (χ4v) is 4.89. The van der Waals surface area contributed by atoms with Gasteiger partial charge in [0.05, 0.1) is 12.4 Å². The summed E-state index contributed by atoms with van der Waals surface area (Å²) in [6.45, 7) is 2.33. The third kappa shape index (κ3) is 4.29. The summed E-state index contributed by atoms with van der Waals surface area (Å²) < 4.78 is 30.4. The van der Waals surface area contributed by atoms with Gasteiger partial charge < -0.3 is 4.74 Å². The van der Waals surface area contributed by atoms with E-state index in [1.807, 2.05) is 0 Å². The Balaban J connectivity index is 2.78. The molecule has 0 spiro atoms. The molecule has 1 atom stereocenters. The lowest BCUT2D eigenvalue weighted by atomic mass is 10.3. The highest BCUT2D eigenvalue weighted by molar-refractivity contribution is 7.99. The standard InChI is InChI=1S/C10H18ClNO4S2/c1-2-16-10(13)9-8-17-6-5-12(9)18(14,15)7-3-4-11/h9H,2-8H2,1H3. The number of nitrogens with zero attached hydrogens (tertiary/aromatic N) is 1. The molecule has 1 fully saturated rings. The summed E-state index contributed by atoms with van der Waals surface area (Å²) >= 11 is 7.08. The second-order valence-electron chi connectivity index (χ2n) is 3.81. The van der Waals surface area contributed by atoms with E-state index < -0.39 is 22.0 Å². The molecule has 1 aliphatic heterocycles. The Bertz CT molecular complexity index is 374. The third-order valence-corrected chi connectivity index (χ3v) is 5.78. The highest BCUT2D eigenvalue weighted by Crippen LogP contribution is 2.21. The lowest BCUT2D eigenvalue weighted by Crippen LogP contribution is -2.51. The maximum absolute atomic E-state index is 12.1. The molecular formula is C10H18ClNO4S2. The molecule has 106 valence electrons. The van der Waals surface area contributed by atoms with E-state index in [0.717, 1.165) is 0 Å². The third-order valence-electron chi connectivity index (χ3n) is 2.53. The van der Waals surface area contributed by atoms with Crippen LogP contribution in [0.2, 0.25) is 0 Å². The molecule has 0 aromatic carbocycles. The molecule has 1 aliphatic rings. The summed E-state index contributed by atoms with van der Waals surface area (Å²) in [4.78, 5) is 11.8. The second kappa shape index (κ2) is 7.57. The number of hydrogen-bond donors (Lipinski definition) is 0. The van der Waals surface area contributed by atoms with Crippen LogP contribution >= 0.6 is 23.4 Å². The predicted octanol–water partition coefficient (Wildman–Crippen LogP) is 0.926. The number of halogens is 1. The molecule has 0 aromatic rings. The van der Waals surface area contributed by atoms with E-state index in [1.165, 1.54) is 4.31 Å². The van der Waals surface area contributed by atoms with Crippen molar-refractivity contribution >= 4 is 39.4 Å². The largest absolute Gasteiger partial charge is 0.465 e. The van der Waals surface area contributed by atoms with Gasteiger partial charge in [0, 0.05) is 23.9 Å². The Morgan fingerprint density at radius 2 is 2.28 bits per heavy atom. The van der Waals surface area contributed by atoms with E-state index in [4.69, 9.17) is 16.3 Å². The zero-order valence-corrected chi connectivity index (χ0v) is 12.7. The molecule has 0 aromatic heterocycles. The van der Waals surface area contributed by atoms with E-state index in [1.54, 1.807) is 18.7 Å². The highest BCUT2D eigenvalue weighted by Gasteiger charge is 2.37. The van der Waals surface area contributed by atoms with Crippen LogP contribution in [0.25, 0.3) is 0 Å². The van der Waals surface area contributed by atoms with Gasteiger partial charge in [0.25, 0.3) is 0 Å². The van der Waals surface area contributed by atoms with E-state index in [2.05, 4.69) is 0 Å². The summed E-state index contributed by atoms with van der Waals surface area (Å²) in [5, 5.41) is 0. The van der Waals surface area contributed by atoms with Crippen LogP contribution in [-0.2, 0) is 19.6 Å². The molecule has 1 unspecified atom stereocenters. The van der Waals surface area contributed by atoms with Gasteiger partial charge in [0.2, 0.25) is 10.0 Å². The molecule has 5 nitrogen and oxygen atoms in total. The number of carbonyl (C=O) groups is 1. The summed E-state index contributed by atoms with van der Waals surface area (Å²) in [6.07, 6.45) is 0.392. The Morgan fingerprint density at radius 3 is 2.89 bits per heavy atom. The smallest absolute Gasteiger partial charge is 0.325 e. The number of hydrogen-bond acceptors (Lipinski definition) is 5. The second-order valence-corrected chi connectivity index (χ2v) is 7.38. The molecule has 0 saturated carbocycles. The van der Waals surface area contributed by atoms with Crippen LogP contribution in [0.5, 0.6) is 0 Å². The van der Waals surface area contributed by atoms with Crippen LogP contribution in [0, 0.1) is 0 Å². The predicted molar refractivity (Wildman–Crippen MR) is 73.6 cm³/mol. The Morgan fingerprint density at radius 1 is 1.56 bits per heavy atom. The normalized spacial score (nSPS) is 21.8. The molecular weight excluding hydrogens is 298 g/mol. The van der Waals surface area contributed by atoms with Crippen LogP contribution in [0.15, 0.2) is 0 Å². The first kappa shape index (κ1) is 16.1. The first-order valence-electron chi connectivity index (χ1n) is 5.82. The number of carbonyl (C=O) groups excluding carboxylic acids is 1. The fraction of sp³-hybridized carbons (Fsp3) is 0.900. The van der Waals surface area contributed by atoms with Gasteiger partial charge in [-0.05, 0) is 13.3 Å². The van der Waals surface area contributed by atoms with Gasteiger partial charge in [0.1, 0.15) is 6.04 Å². The fourth-order valence-electron chi connectivity index (χ4n) is 1.70. The molecule has 0 N–H and O–H groups in total. The minimum absolute atomic E-state index is 0.0168. The van der Waals surface area contributed by atoms with Gasteiger partial charge >= 0.3 is 5.97 Å². The van der Waals surface area contributed by atoms with Crippen LogP contribution in [0.1, 0.15) is 13.3 Å².